The van der Waals surface area contributed by atoms with Crippen molar-refractivity contribution in [3.05, 3.63) is 71.8 Å². The van der Waals surface area contributed by atoms with Crippen LogP contribution in [0.25, 0.3) is 5.69 Å². The molecule has 2 aromatic carbocycles. The van der Waals surface area contributed by atoms with E-state index in [1.54, 1.807) is 11.8 Å². The maximum Gasteiger partial charge on any atom is 0.317 e. The van der Waals surface area contributed by atoms with Gasteiger partial charge >= 0.3 is 6.03 Å². The Morgan fingerprint density at radius 3 is 2.44 bits per heavy atom. The Bertz CT molecular complexity index is 1020. The molecule has 1 atom stereocenters. The first kappa shape index (κ1) is 25.3. The molecular formula is C26H35N5O3. The first-order chi connectivity index (χ1) is 16.5. The number of anilines is 1. The highest BCUT2D eigenvalue weighted by atomic mass is 16.5. The van der Waals surface area contributed by atoms with Crippen molar-refractivity contribution in [2.24, 2.45) is 5.73 Å². The highest BCUT2D eigenvalue weighted by Crippen LogP contribution is 2.28. The predicted octanol–water partition coefficient (Wildman–Crippen LogP) is 4.19. The third-order valence-electron chi connectivity index (χ3n) is 5.76. The molecule has 1 saturated heterocycles. The average Bonchev–Trinajstić information content (AvgIpc) is 3.45. The third-order valence-corrected chi connectivity index (χ3v) is 5.76. The van der Waals surface area contributed by atoms with Gasteiger partial charge in [0.05, 0.1) is 24.5 Å². The van der Waals surface area contributed by atoms with E-state index in [9.17, 15) is 4.79 Å². The fourth-order valence-corrected chi connectivity index (χ4v) is 4.02. The first-order valence-electron chi connectivity index (χ1n) is 11.6. The van der Waals surface area contributed by atoms with Gasteiger partial charge in [0.2, 0.25) is 5.88 Å². The number of ether oxygens (including phenoxy) is 2. The van der Waals surface area contributed by atoms with Gasteiger partial charge in [0.15, 0.2) is 0 Å². The molecule has 3 aromatic rings. The van der Waals surface area contributed by atoms with Gasteiger partial charge in [-0.25, -0.2) is 9.48 Å². The molecule has 1 fully saturated rings. The number of carbonyl (C=O) groups excluding carboxylic acids is 1. The van der Waals surface area contributed by atoms with Crippen LogP contribution in [0.2, 0.25) is 0 Å². The summed E-state index contributed by atoms with van der Waals surface area (Å²) < 4.78 is 12.1. The van der Waals surface area contributed by atoms with Crippen LogP contribution in [0.5, 0.6) is 5.88 Å². The molecule has 0 spiro atoms. The van der Waals surface area contributed by atoms with Crippen LogP contribution in [-0.4, -0.2) is 60.7 Å². The zero-order valence-electron chi connectivity index (χ0n) is 20.2. The normalized spacial score (nSPS) is 15.4. The summed E-state index contributed by atoms with van der Waals surface area (Å²) >= 11 is 0. The van der Waals surface area contributed by atoms with Crippen LogP contribution in [0, 0.1) is 6.92 Å². The van der Waals surface area contributed by atoms with Crippen LogP contribution >= 0.6 is 0 Å². The Morgan fingerprint density at radius 1 is 1.15 bits per heavy atom. The molecule has 0 saturated carbocycles. The average molecular weight is 466 g/mol. The maximum atomic E-state index is 11.1. The second-order valence-electron chi connectivity index (χ2n) is 8.14. The van der Waals surface area contributed by atoms with E-state index in [1.165, 1.54) is 25.1 Å². The Labute approximate surface area is 201 Å². The molecule has 3 N–H and O–H groups in total. The number of carbonyl (C=O) groups is 1. The van der Waals surface area contributed by atoms with E-state index in [2.05, 4.69) is 45.6 Å². The minimum absolute atomic E-state index is 0.482. The van der Waals surface area contributed by atoms with Crippen molar-refractivity contribution in [1.29, 1.82) is 0 Å². The van der Waals surface area contributed by atoms with Crippen molar-refractivity contribution >= 4 is 11.8 Å². The number of nitrogens with zero attached hydrogens (tertiary/aromatic N) is 3. The molecular weight excluding hydrogens is 430 g/mol. The van der Waals surface area contributed by atoms with Gasteiger partial charge in [0.1, 0.15) is 5.82 Å². The second kappa shape index (κ2) is 12.8. The smallest absolute Gasteiger partial charge is 0.317 e. The Hall–Kier alpha value is -3.36. The van der Waals surface area contributed by atoms with Crippen LogP contribution in [0.15, 0.2) is 60.7 Å². The number of benzene rings is 2. The monoisotopic (exact) mass is 465 g/mol. The van der Waals surface area contributed by atoms with Gasteiger partial charge in [-0.15, -0.1) is 5.10 Å². The maximum absolute atomic E-state index is 11.1. The van der Waals surface area contributed by atoms with Gasteiger partial charge in [-0.1, -0.05) is 48.5 Å². The van der Waals surface area contributed by atoms with Crippen molar-refractivity contribution in [2.45, 2.75) is 26.2 Å². The number of nitrogens with one attached hydrogen (secondary N) is 1. The zero-order valence-corrected chi connectivity index (χ0v) is 20.2. The lowest BCUT2D eigenvalue weighted by atomic mass is 9.99. The number of aromatic nitrogens is 2. The minimum atomic E-state index is -0.636. The number of urea groups is 1. The molecule has 8 heteroatoms. The lowest BCUT2D eigenvalue weighted by Gasteiger charge is -2.15. The Balaban J connectivity index is 0.000000196. The van der Waals surface area contributed by atoms with E-state index >= 15 is 0 Å². The number of para-hydroxylation sites is 1. The fourth-order valence-electron chi connectivity index (χ4n) is 4.02. The number of rotatable bonds is 8. The quantitative estimate of drug-likeness (QED) is 0.520. The molecule has 0 radical (unpaired) electrons. The molecule has 182 valence electrons. The minimum Gasteiger partial charge on any atom is -0.477 e. The van der Waals surface area contributed by atoms with Gasteiger partial charge in [-0.05, 0) is 50.4 Å². The van der Waals surface area contributed by atoms with Gasteiger partial charge < -0.3 is 20.1 Å². The Morgan fingerprint density at radius 2 is 1.82 bits per heavy atom. The number of nitrogens with two attached hydrogens (primary N) is 1. The van der Waals surface area contributed by atoms with Crippen molar-refractivity contribution in [3.63, 3.8) is 0 Å². The third kappa shape index (κ3) is 6.82. The summed E-state index contributed by atoms with van der Waals surface area (Å²) in [5.41, 5.74) is 8.24. The topological polar surface area (TPSA) is 94.6 Å². The molecule has 8 nitrogen and oxygen atoms in total. The number of amides is 2. The molecule has 0 unspecified atom stereocenters. The molecule has 1 aliphatic heterocycles. The molecule has 2 heterocycles. The number of likely N-dealkylation sites (tertiary alicyclic amines) is 1. The molecule has 2 amide bonds. The molecule has 4 rings (SSSR count). The van der Waals surface area contributed by atoms with E-state index in [0.29, 0.717) is 18.3 Å². The van der Waals surface area contributed by atoms with Crippen molar-refractivity contribution in [3.8, 4) is 11.6 Å². The summed E-state index contributed by atoms with van der Waals surface area (Å²) in [7, 11) is 1.77. The SMILES string of the molecule is CCOc1nn(-c2ccccc2)c(NC(N)=O)c1C.COCCN1CC[C@H](c2ccccc2)C1. The van der Waals surface area contributed by atoms with Gasteiger partial charge in [0, 0.05) is 20.2 Å². The largest absolute Gasteiger partial charge is 0.477 e. The first-order valence-corrected chi connectivity index (χ1v) is 11.6. The molecule has 1 aromatic heterocycles. The molecule has 34 heavy (non-hydrogen) atoms. The molecule has 0 aliphatic carbocycles. The van der Waals surface area contributed by atoms with Gasteiger partial charge in [-0.3, -0.25) is 5.32 Å². The summed E-state index contributed by atoms with van der Waals surface area (Å²) in [6.07, 6.45) is 1.29. The second-order valence-corrected chi connectivity index (χ2v) is 8.14. The number of methoxy groups -OCH3 is 1. The van der Waals surface area contributed by atoms with Gasteiger partial charge in [0.25, 0.3) is 0 Å². The van der Waals surface area contributed by atoms with E-state index in [4.69, 9.17) is 15.2 Å². The van der Waals surface area contributed by atoms with Gasteiger partial charge in [-0.2, -0.15) is 0 Å². The number of hydrogen-bond acceptors (Lipinski definition) is 5. The zero-order chi connectivity index (χ0) is 24.3. The van der Waals surface area contributed by atoms with E-state index in [-0.39, 0.29) is 0 Å². The summed E-state index contributed by atoms with van der Waals surface area (Å²) in [6.45, 7) is 8.52. The van der Waals surface area contributed by atoms with E-state index < -0.39 is 6.03 Å². The van der Waals surface area contributed by atoms with Crippen LogP contribution in [-0.2, 0) is 4.74 Å². The van der Waals surface area contributed by atoms with Crippen molar-refractivity contribution < 1.29 is 14.3 Å². The fraction of sp³-hybridized carbons (Fsp3) is 0.385. The summed E-state index contributed by atoms with van der Waals surface area (Å²) in [6, 6.07) is 19.6. The highest BCUT2D eigenvalue weighted by molar-refractivity contribution is 5.88. The molecule has 1 aliphatic rings. The standard InChI is InChI=1S/C13H16N4O2.C13H19NO/c1-3-19-12-9(2)11(15-13(14)18)17(16-12)10-7-5-4-6-8-10;1-15-10-9-14-8-7-13(11-14)12-5-3-2-4-6-12/h4-8H,3H2,1-2H3,(H3,14,15,18);2-6,13H,7-11H2,1H3/t;13-/m.0/s1. The van der Waals surface area contributed by atoms with Crippen molar-refractivity contribution in [2.75, 3.05) is 45.3 Å². The van der Waals surface area contributed by atoms with Crippen LogP contribution in [0.1, 0.15) is 30.4 Å². The lowest BCUT2D eigenvalue weighted by molar-refractivity contribution is 0.160. The van der Waals surface area contributed by atoms with Crippen LogP contribution in [0.4, 0.5) is 10.6 Å². The summed E-state index contributed by atoms with van der Waals surface area (Å²) in [5.74, 6) is 1.72. The van der Waals surface area contributed by atoms with E-state index in [0.717, 1.165) is 30.3 Å². The summed E-state index contributed by atoms with van der Waals surface area (Å²) in [4.78, 5) is 13.6. The lowest BCUT2D eigenvalue weighted by Crippen LogP contribution is -2.24. The van der Waals surface area contributed by atoms with Crippen LogP contribution in [0.3, 0.4) is 0 Å². The number of primary amides is 1. The Kier molecular flexibility index (Phi) is 9.49. The number of hydrogen-bond donors (Lipinski definition) is 2. The predicted molar refractivity (Wildman–Crippen MR) is 135 cm³/mol. The highest BCUT2D eigenvalue weighted by Gasteiger charge is 2.23. The van der Waals surface area contributed by atoms with Crippen molar-refractivity contribution in [1.82, 2.24) is 14.7 Å². The van der Waals surface area contributed by atoms with E-state index in [1.807, 2.05) is 44.2 Å². The van der Waals surface area contributed by atoms with Crippen LogP contribution < -0.4 is 15.8 Å². The molecule has 0 bridgehead atoms. The summed E-state index contributed by atoms with van der Waals surface area (Å²) in [5, 5.41) is 6.93.